The maximum atomic E-state index is 13.1. The first kappa shape index (κ1) is 16.6. The highest BCUT2D eigenvalue weighted by Gasteiger charge is 2.14. The zero-order chi connectivity index (χ0) is 16.3. The van der Waals surface area contributed by atoms with Crippen LogP contribution in [0.15, 0.2) is 24.3 Å². The number of hydrogen-bond acceptors (Lipinski definition) is 3. The monoisotopic (exact) mass is 305 g/mol. The van der Waals surface area contributed by atoms with Crippen molar-refractivity contribution < 1.29 is 9.50 Å². The molecule has 0 aliphatic rings. The summed E-state index contributed by atoms with van der Waals surface area (Å²) in [6.07, 6.45) is 0.465. The molecule has 1 unspecified atom stereocenters. The molecule has 0 fully saturated rings. The van der Waals surface area contributed by atoms with E-state index in [0.29, 0.717) is 0 Å². The van der Waals surface area contributed by atoms with Gasteiger partial charge in [0.1, 0.15) is 5.82 Å². The Morgan fingerprint density at radius 1 is 1.27 bits per heavy atom. The summed E-state index contributed by atoms with van der Waals surface area (Å²) in [6, 6.07) is 6.35. The van der Waals surface area contributed by atoms with Gasteiger partial charge in [-0.3, -0.25) is 0 Å². The van der Waals surface area contributed by atoms with Crippen LogP contribution in [0.1, 0.15) is 30.3 Å². The number of rotatable bonds is 6. The van der Waals surface area contributed by atoms with Gasteiger partial charge in [0, 0.05) is 24.3 Å². The van der Waals surface area contributed by atoms with Crippen LogP contribution in [0.25, 0.3) is 5.69 Å². The molecule has 1 aromatic carbocycles. The quantitative estimate of drug-likeness (QED) is 0.892. The Labute approximate surface area is 131 Å². The summed E-state index contributed by atoms with van der Waals surface area (Å²) in [5.74, 6) is -0.247. The minimum Gasteiger partial charge on any atom is -0.393 e. The number of aromatic nitrogens is 2. The van der Waals surface area contributed by atoms with Crippen LogP contribution >= 0.6 is 0 Å². The number of halogens is 1. The van der Waals surface area contributed by atoms with Crippen molar-refractivity contribution in [1.82, 2.24) is 14.7 Å². The molecule has 0 amide bonds. The fraction of sp³-hybridized carbons (Fsp3) is 0.471. The van der Waals surface area contributed by atoms with E-state index in [1.54, 1.807) is 19.1 Å². The second kappa shape index (κ2) is 7.03. The second-order valence-electron chi connectivity index (χ2n) is 5.91. The Balaban J connectivity index is 2.18. The van der Waals surface area contributed by atoms with Gasteiger partial charge in [-0.15, -0.1) is 0 Å². The predicted octanol–water partition coefficient (Wildman–Crippen LogP) is 2.83. The zero-order valence-electron chi connectivity index (χ0n) is 13.7. The zero-order valence-corrected chi connectivity index (χ0v) is 13.7. The number of aryl methyl sites for hydroxylation is 1. The summed E-state index contributed by atoms with van der Waals surface area (Å²) in [5, 5.41) is 14.0. The molecular weight excluding hydrogens is 281 g/mol. The lowest BCUT2D eigenvalue weighted by Gasteiger charge is -2.17. The molecule has 1 N–H and O–H groups in total. The number of benzene rings is 1. The Morgan fingerprint density at radius 3 is 2.50 bits per heavy atom. The third kappa shape index (κ3) is 3.93. The van der Waals surface area contributed by atoms with Gasteiger partial charge in [0.2, 0.25) is 0 Å². The molecule has 1 aromatic heterocycles. The average Bonchev–Trinajstić information content (AvgIpc) is 2.74. The van der Waals surface area contributed by atoms with Crippen molar-refractivity contribution in [3.8, 4) is 5.69 Å². The number of aliphatic hydroxyl groups is 1. The van der Waals surface area contributed by atoms with E-state index in [2.05, 4.69) is 10.00 Å². The number of hydrogen-bond donors (Lipinski definition) is 1. The molecule has 0 bridgehead atoms. The predicted molar refractivity (Wildman–Crippen MR) is 85.6 cm³/mol. The molecular formula is C17H24FN3O. The maximum absolute atomic E-state index is 13.1. The van der Waals surface area contributed by atoms with Gasteiger partial charge in [0.15, 0.2) is 0 Å². The van der Waals surface area contributed by atoms with Crippen LogP contribution in [0, 0.1) is 19.7 Å². The normalized spacial score (nSPS) is 12.9. The summed E-state index contributed by atoms with van der Waals surface area (Å²) >= 11 is 0. The summed E-state index contributed by atoms with van der Waals surface area (Å²) in [7, 11) is 2.04. The molecule has 2 rings (SSSR count). The SMILES string of the molecule is Cc1nn(-c2ccc(F)cc2)c(C)c1CN(C)CCC(C)O. The molecule has 1 heterocycles. The first-order valence-corrected chi connectivity index (χ1v) is 7.56. The molecule has 22 heavy (non-hydrogen) atoms. The van der Waals surface area contributed by atoms with E-state index in [1.165, 1.54) is 17.7 Å². The number of aliphatic hydroxyl groups excluding tert-OH is 1. The van der Waals surface area contributed by atoms with Gasteiger partial charge in [-0.1, -0.05) is 0 Å². The van der Waals surface area contributed by atoms with Crippen LogP contribution in [0.2, 0.25) is 0 Å². The van der Waals surface area contributed by atoms with E-state index in [-0.39, 0.29) is 11.9 Å². The fourth-order valence-corrected chi connectivity index (χ4v) is 2.49. The highest BCUT2D eigenvalue weighted by atomic mass is 19.1. The lowest BCUT2D eigenvalue weighted by Crippen LogP contribution is -2.22. The van der Waals surface area contributed by atoms with Gasteiger partial charge < -0.3 is 10.0 Å². The van der Waals surface area contributed by atoms with Crippen LogP contribution in [0.3, 0.4) is 0 Å². The molecule has 2 aromatic rings. The highest BCUT2D eigenvalue weighted by Crippen LogP contribution is 2.19. The van der Waals surface area contributed by atoms with E-state index in [9.17, 15) is 9.50 Å². The van der Waals surface area contributed by atoms with E-state index >= 15 is 0 Å². The minimum absolute atomic E-state index is 0.247. The summed E-state index contributed by atoms with van der Waals surface area (Å²) in [4.78, 5) is 2.18. The van der Waals surface area contributed by atoms with Gasteiger partial charge in [0.05, 0.1) is 17.5 Å². The van der Waals surface area contributed by atoms with Crippen LogP contribution < -0.4 is 0 Å². The van der Waals surface area contributed by atoms with Crippen molar-refractivity contribution >= 4 is 0 Å². The summed E-state index contributed by atoms with van der Waals surface area (Å²) in [6.45, 7) is 7.44. The Bertz CT molecular complexity index is 620. The van der Waals surface area contributed by atoms with Crippen molar-refractivity contribution in [1.29, 1.82) is 0 Å². The Kier molecular flexibility index (Phi) is 5.32. The van der Waals surface area contributed by atoms with Crippen LogP contribution in [-0.2, 0) is 6.54 Å². The second-order valence-corrected chi connectivity index (χ2v) is 5.91. The molecule has 5 heteroatoms. The molecule has 0 spiro atoms. The van der Waals surface area contributed by atoms with Gasteiger partial charge in [0.25, 0.3) is 0 Å². The molecule has 0 aliphatic carbocycles. The molecule has 120 valence electrons. The van der Waals surface area contributed by atoms with Crippen molar-refractivity contribution in [2.45, 2.75) is 39.8 Å². The summed E-state index contributed by atoms with van der Waals surface area (Å²) in [5.41, 5.74) is 4.08. The molecule has 0 radical (unpaired) electrons. The van der Waals surface area contributed by atoms with Crippen LogP contribution in [0.5, 0.6) is 0 Å². The third-order valence-electron chi connectivity index (χ3n) is 3.87. The lowest BCUT2D eigenvalue weighted by atomic mass is 10.1. The van der Waals surface area contributed by atoms with Crippen molar-refractivity contribution in [3.05, 3.63) is 47.0 Å². The standard InChI is InChI=1S/C17H24FN3O/c1-12(22)9-10-20(4)11-17-13(2)19-21(14(17)3)16-7-5-15(18)6-8-16/h5-8,12,22H,9-11H2,1-4H3. The lowest BCUT2D eigenvalue weighted by molar-refractivity contribution is 0.163. The van der Waals surface area contributed by atoms with E-state index in [4.69, 9.17) is 0 Å². The van der Waals surface area contributed by atoms with Crippen LogP contribution in [0.4, 0.5) is 4.39 Å². The fourth-order valence-electron chi connectivity index (χ4n) is 2.49. The third-order valence-corrected chi connectivity index (χ3v) is 3.87. The maximum Gasteiger partial charge on any atom is 0.123 e. The number of nitrogens with zero attached hydrogens (tertiary/aromatic N) is 3. The van der Waals surface area contributed by atoms with Gasteiger partial charge in [-0.25, -0.2) is 9.07 Å². The van der Waals surface area contributed by atoms with E-state index in [1.807, 2.05) is 25.6 Å². The highest BCUT2D eigenvalue weighted by molar-refractivity contribution is 5.37. The van der Waals surface area contributed by atoms with Gasteiger partial charge in [-0.05, 0) is 58.5 Å². The largest absolute Gasteiger partial charge is 0.393 e. The molecule has 0 saturated heterocycles. The minimum atomic E-state index is -0.286. The Morgan fingerprint density at radius 2 is 1.91 bits per heavy atom. The van der Waals surface area contributed by atoms with Crippen molar-refractivity contribution in [2.24, 2.45) is 0 Å². The van der Waals surface area contributed by atoms with Gasteiger partial charge >= 0.3 is 0 Å². The molecule has 1 atom stereocenters. The Hall–Kier alpha value is -1.72. The van der Waals surface area contributed by atoms with E-state index in [0.717, 1.165) is 36.6 Å². The first-order chi connectivity index (χ1) is 10.4. The van der Waals surface area contributed by atoms with E-state index < -0.39 is 0 Å². The molecule has 4 nitrogen and oxygen atoms in total. The average molecular weight is 305 g/mol. The smallest absolute Gasteiger partial charge is 0.123 e. The summed E-state index contributed by atoms with van der Waals surface area (Å²) < 4.78 is 14.9. The first-order valence-electron chi connectivity index (χ1n) is 7.56. The van der Waals surface area contributed by atoms with Crippen molar-refractivity contribution in [3.63, 3.8) is 0 Å². The van der Waals surface area contributed by atoms with Crippen LogP contribution in [-0.4, -0.2) is 39.5 Å². The molecule has 0 aliphatic heterocycles. The molecule has 0 saturated carbocycles. The van der Waals surface area contributed by atoms with Crippen molar-refractivity contribution in [2.75, 3.05) is 13.6 Å². The topological polar surface area (TPSA) is 41.3 Å². The van der Waals surface area contributed by atoms with Gasteiger partial charge in [-0.2, -0.15) is 5.10 Å².